The highest BCUT2D eigenvalue weighted by molar-refractivity contribution is 5.28. The van der Waals surface area contributed by atoms with Gasteiger partial charge in [0.15, 0.2) is 5.75 Å². The Morgan fingerprint density at radius 3 is 2.94 bits per heavy atom. The molecule has 0 bridgehead atoms. The first-order chi connectivity index (χ1) is 8.31. The Labute approximate surface area is 98.0 Å². The van der Waals surface area contributed by atoms with Gasteiger partial charge in [-0.2, -0.15) is 5.10 Å². The zero-order valence-corrected chi connectivity index (χ0v) is 9.14. The summed E-state index contributed by atoms with van der Waals surface area (Å²) < 4.78 is 20.3. The Balaban J connectivity index is 1.74. The molecule has 0 radical (unpaired) electrons. The second kappa shape index (κ2) is 4.18. The van der Waals surface area contributed by atoms with Crippen LogP contribution in [0, 0.1) is 5.82 Å². The molecule has 2 heterocycles. The number of nitrogens with zero attached hydrogens (tertiary/aromatic N) is 2. The van der Waals surface area contributed by atoms with E-state index in [0.29, 0.717) is 17.5 Å². The standard InChI is InChI=1S/C12H12FN3O/c13-9-2-1-3-11(4-9)17-12-7-15-16(8-12)10-5-14-6-10/h1-4,7-8,10,14H,5-6H2. The lowest BCUT2D eigenvalue weighted by molar-refractivity contribution is 0.317. The monoisotopic (exact) mass is 233 g/mol. The maximum Gasteiger partial charge on any atom is 0.165 e. The second-order valence-electron chi connectivity index (χ2n) is 4.03. The van der Waals surface area contributed by atoms with Crippen molar-refractivity contribution in [3.63, 3.8) is 0 Å². The number of hydrogen-bond acceptors (Lipinski definition) is 3. The minimum atomic E-state index is -0.307. The molecule has 17 heavy (non-hydrogen) atoms. The first-order valence-electron chi connectivity index (χ1n) is 5.49. The van der Waals surface area contributed by atoms with E-state index in [-0.39, 0.29) is 5.82 Å². The number of rotatable bonds is 3. The van der Waals surface area contributed by atoms with Crippen LogP contribution in [0.15, 0.2) is 36.7 Å². The summed E-state index contributed by atoms with van der Waals surface area (Å²) in [6, 6.07) is 6.47. The molecule has 2 aromatic rings. The normalized spacial score (nSPS) is 15.6. The summed E-state index contributed by atoms with van der Waals surface area (Å²) in [4.78, 5) is 0. The summed E-state index contributed by atoms with van der Waals surface area (Å²) >= 11 is 0. The maximum atomic E-state index is 13.0. The molecule has 0 aliphatic carbocycles. The summed E-state index contributed by atoms with van der Waals surface area (Å²) in [5, 5.41) is 7.39. The van der Waals surface area contributed by atoms with Gasteiger partial charge in [0.1, 0.15) is 11.6 Å². The summed E-state index contributed by atoms with van der Waals surface area (Å²) in [6.45, 7) is 1.86. The van der Waals surface area contributed by atoms with Crippen LogP contribution in [0.1, 0.15) is 6.04 Å². The Morgan fingerprint density at radius 1 is 1.35 bits per heavy atom. The van der Waals surface area contributed by atoms with Crippen molar-refractivity contribution in [2.24, 2.45) is 0 Å². The molecule has 3 rings (SSSR count). The number of nitrogens with one attached hydrogen (secondary N) is 1. The summed E-state index contributed by atoms with van der Waals surface area (Å²) in [5.74, 6) is 0.803. The van der Waals surface area contributed by atoms with Crippen LogP contribution in [0.4, 0.5) is 4.39 Å². The average molecular weight is 233 g/mol. The van der Waals surface area contributed by atoms with Crippen molar-refractivity contribution in [2.75, 3.05) is 13.1 Å². The molecule has 1 N–H and O–H groups in total. The molecule has 1 fully saturated rings. The molecule has 0 saturated carbocycles. The van der Waals surface area contributed by atoms with Gasteiger partial charge in [-0.15, -0.1) is 0 Å². The molecule has 0 spiro atoms. The number of halogens is 1. The molecule has 0 atom stereocenters. The van der Waals surface area contributed by atoms with E-state index < -0.39 is 0 Å². The van der Waals surface area contributed by atoms with E-state index in [4.69, 9.17) is 4.74 Å². The zero-order chi connectivity index (χ0) is 11.7. The second-order valence-corrected chi connectivity index (χ2v) is 4.03. The molecular weight excluding hydrogens is 221 g/mol. The van der Waals surface area contributed by atoms with E-state index in [1.165, 1.54) is 12.1 Å². The van der Waals surface area contributed by atoms with Gasteiger partial charge in [0, 0.05) is 19.2 Å². The zero-order valence-electron chi connectivity index (χ0n) is 9.14. The smallest absolute Gasteiger partial charge is 0.165 e. The van der Waals surface area contributed by atoms with Gasteiger partial charge in [-0.05, 0) is 12.1 Å². The van der Waals surface area contributed by atoms with Gasteiger partial charge < -0.3 is 10.1 Å². The molecule has 1 aromatic heterocycles. The third kappa shape index (κ3) is 2.14. The van der Waals surface area contributed by atoms with Crippen molar-refractivity contribution in [3.05, 3.63) is 42.5 Å². The summed E-state index contributed by atoms with van der Waals surface area (Å²) in [6.07, 6.45) is 3.47. The Morgan fingerprint density at radius 2 is 2.24 bits per heavy atom. The SMILES string of the molecule is Fc1cccc(Oc2cnn(C3CNC3)c2)c1. The molecular formula is C12H12FN3O. The van der Waals surface area contributed by atoms with Crippen molar-refractivity contribution < 1.29 is 9.13 Å². The molecule has 0 unspecified atom stereocenters. The minimum Gasteiger partial charge on any atom is -0.454 e. The van der Waals surface area contributed by atoms with E-state index in [1.54, 1.807) is 18.3 Å². The van der Waals surface area contributed by atoms with Crippen molar-refractivity contribution in [3.8, 4) is 11.5 Å². The molecule has 0 amide bonds. The van der Waals surface area contributed by atoms with Crippen molar-refractivity contribution in [2.45, 2.75) is 6.04 Å². The van der Waals surface area contributed by atoms with Crippen LogP contribution in [-0.2, 0) is 0 Å². The van der Waals surface area contributed by atoms with E-state index in [1.807, 2.05) is 10.9 Å². The molecule has 88 valence electrons. The molecule has 1 aliphatic rings. The largest absolute Gasteiger partial charge is 0.454 e. The quantitative estimate of drug-likeness (QED) is 0.880. The lowest BCUT2D eigenvalue weighted by Gasteiger charge is -2.26. The van der Waals surface area contributed by atoms with Gasteiger partial charge in [-0.1, -0.05) is 6.07 Å². The number of ether oxygens (including phenoxy) is 1. The van der Waals surface area contributed by atoms with E-state index in [2.05, 4.69) is 10.4 Å². The topological polar surface area (TPSA) is 39.1 Å². The predicted molar refractivity (Wildman–Crippen MR) is 60.6 cm³/mol. The van der Waals surface area contributed by atoms with Crippen LogP contribution in [0.5, 0.6) is 11.5 Å². The molecule has 4 nitrogen and oxygen atoms in total. The predicted octanol–water partition coefficient (Wildman–Crippen LogP) is 1.96. The van der Waals surface area contributed by atoms with Crippen LogP contribution in [-0.4, -0.2) is 22.9 Å². The van der Waals surface area contributed by atoms with Gasteiger partial charge in [-0.25, -0.2) is 4.39 Å². The summed E-state index contributed by atoms with van der Waals surface area (Å²) in [5.41, 5.74) is 0. The number of benzene rings is 1. The van der Waals surface area contributed by atoms with Crippen molar-refractivity contribution in [1.82, 2.24) is 15.1 Å². The Bertz CT molecular complexity index is 522. The highest BCUT2D eigenvalue weighted by Gasteiger charge is 2.19. The van der Waals surface area contributed by atoms with E-state index >= 15 is 0 Å². The first kappa shape index (κ1) is 10.3. The van der Waals surface area contributed by atoms with Gasteiger partial charge in [0.05, 0.1) is 18.4 Å². The third-order valence-corrected chi connectivity index (χ3v) is 2.74. The lowest BCUT2D eigenvalue weighted by Crippen LogP contribution is -2.43. The van der Waals surface area contributed by atoms with Gasteiger partial charge >= 0.3 is 0 Å². The number of hydrogen-bond donors (Lipinski definition) is 1. The fourth-order valence-corrected chi connectivity index (χ4v) is 1.70. The van der Waals surface area contributed by atoms with Crippen LogP contribution in [0.25, 0.3) is 0 Å². The summed E-state index contributed by atoms with van der Waals surface area (Å²) in [7, 11) is 0. The van der Waals surface area contributed by atoms with Crippen LogP contribution < -0.4 is 10.1 Å². The Hall–Kier alpha value is -1.88. The van der Waals surface area contributed by atoms with Crippen LogP contribution in [0.2, 0.25) is 0 Å². The highest BCUT2D eigenvalue weighted by atomic mass is 19.1. The lowest BCUT2D eigenvalue weighted by atomic mass is 10.2. The minimum absolute atomic E-state index is 0.307. The molecule has 5 heteroatoms. The highest BCUT2D eigenvalue weighted by Crippen LogP contribution is 2.23. The fourth-order valence-electron chi connectivity index (χ4n) is 1.70. The Kier molecular flexibility index (Phi) is 2.53. The maximum absolute atomic E-state index is 13.0. The molecule has 1 saturated heterocycles. The molecule has 1 aliphatic heterocycles. The molecule has 1 aromatic carbocycles. The van der Waals surface area contributed by atoms with Crippen LogP contribution in [0.3, 0.4) is 0 Å². The van der Waals surface area contributed by atoms with E-state index in [0.717, 1.165) is 13.1 Å². The first-order valence-corrected chi connectivity index (χ1v) is 5.49. The number of aromatic nitrogens is 2. The van der Waals surface area contributed by atoms with Gasteiger partial charge in [-0.3, -0.25) is 4.68 Å². The third-order valence-electron chi connectivity index (χ3n) is 2.74. The average Bonchev–Trinajstić information content (AvgIpc) is 2.63. The van der Waals surface area contributed by atoms with Crippen molar-refractivity contribution in [1.29, 1.82) is 0 Å². The van der Waals surface area contributed by atoms with Crippen LogP contribution >= 0.6 is 0 Å². The van der Waals surface area contributed by atoms with Gasteiger partial charge in [0.25, 0.3) is 0 Å². The van der Waals surface area contributed by atoms with Crippen molar-refractivity contribution >= 4 is 0 Å². The van der Waals surface area contributed by atoms with E-state index in [9.17, 15) is 4.39 Å². The van der Waals surface area contributed by atoms with Gasteiger partial charge in [0.2, 0.25) is 0 Å². The fraction of sp³-hybridized carbons (Fsp3) is 0.250.